The first-order chi connectivity index (χ1) is 13.8. The lowest BCUT2D eigenvalue weighted by Gasteiger charge is -2.14. The van der Waals surface area contributed by atoms with Gasteiger partial charge in [0.25, 0.3) is 0 Å². The summed E-state index contributed by atoms with van der Waals surface area (Å²) >= 11 is 3.84. The molecule has 0 unspecified atom stereocenters. The Morgan fingerprint density at radius 2 is 1.04 bits per heavy atom. The number of hydrogen-bond acceptors (Lipinski definition) is 1. The molecule has 6 rings (SSSR count). The van der Waals surface area contributed by atoms with E-state index in [-0.39, 0.29) is 0 Å². The van der Waals surface area contributed by atoms with Crippen LogP contribution in [0.15, 0.2) is 99.9 Å². The fourth-order valence-electron chi connectivity index (χ4n) is 4.31. The first-order valence-corrected chi connectivity index (χ1v) is 10.1. The SMILES string of the molecule is Brc1c2ccccc2c(-c2cccc3c2oc2ccccc23)c2ccccc12. The quantitative estimate of drug-likeness (QED) is 0.242. The Bertz CT molecular complexity index is 1470. The number of benzene rings is 5. The van der Waals surface area contributed by atoms with Crippen LogP contribution in [0.4, 0.5) is 0 Å². The molecule has 2 heteroatoms. The first-order valence-electron chi connectivity index (χ1n) is 9.32. The summed E-state index contributed by atoms with van der Waals surface area (Å²) in [5, 5.41) is 7.19. The average molecular weight is 423 g/mol. The van der Waals surface area contributed by atoms with Crippen molar-refractivity contribution in [1.82, 2.24) is 0 Å². The molecule has 132 valence electrons. The highest BCUT2D eigenvalue weighted by Gasteiger charge is 2.18. The molecule has 0 atom stereocenters. The first kappa shape index (κ1) is 15.9. The molecule has 0 N–H and O–H groups in total. The van der Waals surface area contributed by atoms with Gasteiger partial charge >= 0.3 is 0 Å². The standard InChI is InChI=1S/C26H15BrO/c27-25-19-11-3-1-9-17(19)24(18-10-2-4-12-20(18)25)22-14-7-13-21-16-8-5-6-15-23(16)28-26(21)22/h1-15H. The molecule has 0 aliphatic rings. The summed E-state index contributed by atoms with van der Waals surface area (Å²) < 4.78 is 7.49. The molecular formula is C26H15BrO. The Morgan fingerprint density at radius 1 is 0.500 bits per heavy atom. The molecule has 1 heterocycles. The molecule has 0 spiro atoms. The van der Waals surface area contributed by atoms with Gasteiger partial charge in [0.05, 0.1) is 0 Å². The van der Waals surface area contributed by atoms with Crippen molar-refractivity contribution in [2.45, 2.75) is 0 Å². The van der Waals surface area contributed by atoms with Gasteiger partial charge in [0.15, 0.2) is 0 Å². The van der Waals surface area contributed by atoms with Crippen LogP contribution in [0.25, 0.3) is 54.6 Å². The van der Waals surface area contributed by atoms with Gasteiger partial charge in [0.2, 0.25) is 0 Å². The van der Waals surface area contributed by atoms with E-state index < -0.39 is 0 Å². The summed E-state index contributed by atoms with van der Waals surface area (Å²) in [4.78, 5) is 0. The minimum Gasteiger partial charge on any atom is -0.455 e. The van der Waals surface area contributed by atoms with Gasteiger partial charge in [-0.05, 0) is 43.5 Å². The summed E-state index contributed by atoms with van der Waals surface area (Å²) in [7, 11) is 0. The van der Waals surface area contributed by atoms with Crippen molar-refractivity contribution in [3.63, 3.8) is 0 Å². The Labute approximate surface area is 170 Å². The zero-order chi connectivity index (χ0) is 18.7. The van der Waals surface area contributed by atoms with Gasteiger partial charge in [-0.3, -0.25) is 0 Å². The van der Waals surface area contributed by atoms with Crippen LogP contribution >= 0.6 is 15.9 Å². The van der Waals surface area contributed by atoms with E-state index in [2.05, 4.69) is 94.8 Å². The topological polar surface area (TPSA) is 13.1 Å². The molecule has 0 amide bonds. The van der Waals surface area contributed by atoms with Gasteiger partial charge in [-0.25, -0.2) is 0 Å². The third kappa shape index (κ3) is 2.12. The van der Waals surface area contributed by atoms with E-state index >= 15 is 0 Å². The molecule has 0 saturated carbocycles. The summed E-state index contributed by atoms with van der Waals surface area (Å²) in [6.45, 7) is 0. The molecule has 0 bridgehead atoms. The second-order valence-corrected chi connectivity index (χ2v) is 7.85. The van der Waals surface area contributed by atoms with E-state index in [1.165, 1.54) is 27.1 Å². The maximum absolute atomic E-state index is 6.35. The van der Waals surface area contributed by atoms with Crippen LogP contribution in [0.3, 0.4) is 0 Å². The summed E-state index contributed by atoms with van der Waals surface area (Å²) in [6, 6.07) is 31.8. The van der Waals surface area contributed by atoms with E-state index in [0.717, 1.165) is 32.0 Å². The predicted octanol–water partition coefficient (Wildman–Crippen LogP) is 8.32. The lowest BCUT2D eigenvalue weighted by atomic mass is 9.91. The predicted molar refractivity (Wildman–Crippen MR) is 122 cm³/mol. The Kier molecular flexibility index (Phi) is 3.38. The van der Waals surface area contributed by atoms with Gasteiger partial charge in [0.1, 0.15) is 11.2 Å². The monoisotopic (exact) mass is 422 g/mol. The number of halogens is 1. The van der Waals surface area contributed by atoms with Crippen LogP contribution in [-0.2, 0) is 0 Å². The number of rotatable bonds is 1. The fraction of sp³-hybridized carbons (Fsp3) is 0. The highest BCUT2D eigenvalue weighted by Crippen LogP contribution is 2.44. The van der Waals surface area contributed by atoms with E-state index in [4.69, 9.17) is 4.42 Å². The van der Waals surface area contributed by atoms with Crippen LogP contribution in [-0.4, -0.2) is 0 Å². The Balaban J connectivity index is 1.86. The van der Waals surface area contributed by atoms with Crippen molar-refractivity contribution in [3.05, 3.63) is 95.5 Å². The molecule has 0 aliphatic carbocycles. The molecule has 0 radical (unpaired) electrons. The van der Waals surface area contributed by atoms with Crippen molar-refractivity contribution in [2.24, 2.45) is 0 Å². The van der Waals surface area contributed by atoms with Crippen molar-refractivity contribution in [3.8, 4) is 11.1 Å². The van der Waals surface area contributed by atoms with Crippen LogP contribution in [0.1, 0.15) is 0 Å². The molecule has 6 aromatic rings. The van der Waals surface area contributed by atoms with E-state index in [1.807, 2.05) is 12.1 Å². The second-order valence-electron chi connectivity index (χ2n) is 7.06. The number of fused-ring (bicyclic) bond motifs is 5. The van der Waals surface area contributed by atoms with Crippen LogP contribution in [0.2, 0.25) is 0 Å². The lowest BCUT2D eigenvalue weighted by Crippen LogP contribution is -1.88. The lowest BCUT2D eigenvalue weighted by molar-refractivity contribution is 0.670. The zero-order valence-electron chi connectivity index (χ0n) is 14.9. The Morgan fingerprint density at radius 3 is 1.71 bits per heavy atom. The molecular weight excluding hydrogens is 408 g/mol. The minimum atomic E-state index is 0.927. The van der Waals surface area contributed by atoms with E-state index in [1.54, 1.807) is 0 Å². The number of furan rings is 1. The van der Waals surface area contributed by atoms with Crippen molar-refractivity contribution >= 4 is 59.4 Å². The van der Waals surface area contributed by atoms with Crippen LogP contribution in [0.5, 0.6) is 0 Å². The molecule has 1 aromatic heterocycles. The van der Waals surface area contributed by atoms with Gasteiger partial charge < -0.3 is 4.42 Å². The normalized spacial score (nSPS) is 11.8. The zero-order valence-corrected chi connectivity index (χ0v) is 16.5. The molecule has 5 aromatic carbocycles. The van der Waals surface area contributed by atoms with Gasteiger partial charge in [0, 0.05) is 26.4 Å². The van der Waals surface area contributed by atoms with E-state index in [0.29, 0.717) is 0 Å². The molecule has 28 heavy (non-hydrogen) atoms. The molecule has 1 nitrogen and oxygen atoms in total. The van der Waals surface area contributed by atoms with Crippen molar-refractivity contribution in [1.29, 1.82) is 0 Å². The van der Waals surface area contributed by atoms with Gasteiger partial charge in [-0.1, -0.05) is 84.9 Å². The average Bonchev–Trinajstić information content (AvgIpc) is 3.14. The number of hydrogen-bond donors (Lipinski definition) is 0. The molecule has 0 fully saturated rings. The summed E-state index contributed by atoms with van der Waals surface area (Å²) in [6.07, 6.45) is 0. The number of para-hydroxylation sites is 2. The van der Waals surface area contributed by atoms with Gasteiger partial charge in [-0.15, -0.1) is 0 Å². The second kappa shape index (κ2) is 5.95. The van der Waals surface area contributed by atoms with Gasteiger partial charge in [-0.2, -0.15) is 0 Å². The summed E-state index contributed by atoms with van der Waals surface area (Å²) in [5.41, 5.74) is 4.23. The van der Waals surface area contributed by atoms with E-state index in [9.17, 15) is 0 Å². The smallest absolute Gasteiger partial charge is 0.143 e. The summed E-state index contributed by atoms with van der Waals surface area (Å²) in [5.74, 6) is 0. The van der Waals surface area contributed by atoms with Crippen LogP contribution < -0.4 is 0 Å². The van der Waals surface area contributed by atoms with Crippen LogP contribution in [0, 0.1) is 0 Å². The fourth-order valence-corrected chi connectivity index (χ4v) is 5.00. The maximum atomic E-state index is 6.35. The third-order valence-corrected chi connectivity index (χ3v) is 6.39. The minimum absolute atomic E-state index is 0.927. The largest absolute Gasteiger partial charge is 0.455 e. The molecule has 0 saturated heterocycles. The maximum Gasteiger partial charge on any atom is 0.143 e. The third-order valence-electron chi connectivity index (χ3n) is 5.54. The van der Waals surface area contributed by atoms with Crippen molar-refractivity contribution < 1.29 is 4.42 Å². The Hall–Kier alpha value is -3.10. The highest BCUT2D eigenvalue weighted by atomic mass is 79.9. The van der Waals surface area contributed by atoms with Crippen molar-refractivity contribution in [2.75, 3.05) is 0 Å². The highest BCUT2D eigenvalue weighted by molar-refractivity contribution is 9.10. The molecule has 0 aliphatic heterocycles.